The highest BCUT2D eigenvalue weighted by molar-refractivity contribution is 7.89. The molecule has 0 radical (unpaired) electrons. The number of benzene rings is 1. The molecule has 0 saturated carbocycles. The van der Waals surface area contributed by atoms with Crippen LogP contribution in [0.25, 0.3) is 0 Å². The van der Waals surface area contributed by atoms with Gasteiger partial charge in [-0.2, -0.15) is 0 Å². The fourth-order valence-corrected chi connectivity index (χ4v) is 2.02. The highest BCUT2D eigenvalue weighted by Crippen LogP contribution is 2.21. The zero-order valence-corrected chi connectivity index (χ0v) is 11.5. The average molecular weight is 286 g/mol. The zero-order valence-electron chi connectivity index (χ0n) is 10.6. The van der Waals surface area contributed by atoms with E-state index in [1.54, 1.807) is 0 Å². The van der Waals surface area contributed by atoms with Crippen LogP contribution in [-0.2, 0) is 14.8 Å². The molecule has 0 saturated heterocycles. The largest absolute Gasteiger partial charge is 0.397 e. The van der Waals surface area contributed by atoms with Crippen molar-refractivity contribution in [2.75, 3.05) is 24.1 Å². The topological polar surface area (TPSA) is 127 Å². The molecule has 6 N–H and O–H groups in total. The Morgan fingerprint density at radius 1 is 1.37 bits per heavy atom. The van der Waals surface area contributed by atoms with Gasteiger partial charge in [0.15, 0.2) is 0 Å². The summed E-state index contributed by atoms with van der Waals surface area (Å²) in [6.45, 7) is 2.84. The third-order valence-corrected chi connectivity index (χ3v) is 3.30. The Balaban J connectivity index is 2.64. The highest BCUT2D eigenvalue weighted by atomic mass is 32.2. The highest BCUT2D eigenvalue weighted by Gasteiger charge is 2.10. The number of nitrogens with two attached hydrogens (primary N) is 2. The first kappa shape index (κ1) is 15.3. The fraction of sp³-hybridized carbons (Fsp3) is 0.364. The number of anilines is 2. The van der Waals surface area contributed by atoms with Crippen LogP contribution in [0, 0.1) is 0 Å². The SMILES string of the molecule is CCNC(=O)CCNc1ccc(S(N)(=O)=O)cc1N. The molecule has 0 unspecified atom stereocenters. The molecule has 1 aromatic rings. The molecule has 7 nitrogen and oxygen atoms in total. The summed E-state index contributed by atoms with van der Waals surface area (Å²) < 4.78 is 22.2. The lowest BCUT2D eigenvalue weighted by Crippen LogP contribution is -2.24. The van der Waals surface area contributed by atoms with Crippen LogP contribution in [0.4, 0.5) is 11.4 Å². The van der Waals surface area contributed by atoms with E-state index in [0.717, 1.165) is 0 Å². The van der Waals surface area contributed by atoms with Crippen LogP contribution >= 0.6 is 0 Å². The number of sulfonamides is 1. The molecule has 0 spiro atoms. The Labute approximate surface area is 112 Å². The summed E-state index contributed by atoms with van der Waals surface area (Å²) in [6, 6.07) is 4.16. The van der Waals surface area contributed by atoms with Gasteiger partial charge in [-0.15, -0.1) is 0 Å². The summed E-state index contributed by atoms with van der Waals surface area (Å²) in [4.78, 5) is 11.2. The lowest BCUT2D eigenvalue weighted by Gasteiger charge is -2.10. The van der Waals surface area contributed by atoms with E-state index in [4.69, 9.17) is 10.9 Å². The van der Waals surface area contributed by atoms with Gasteiger partial charge in [0.25, 0.3) is 0 Å². The van der Waals surface area contributed by atoms with Crippen molar-refractivity contribution in [3.8, 4) is 0 Å². The molecule has 0 atom stereocenters. The van der Waals surface area contributed by atoms with E-state index < -0.39 is 10.0 Å². The molecule has 106 valence electrons. The second-order valence-corrected chi connectivity index (χ2v) is 5.49. The van der Waals surface area contributed by atoms with E-state index >= 15 is 0 Å². The normalized spacial score (nSPS) is 11.1. The molecule has 0 aliphatic heterocycles. The van der Waals surface area contributed by atoms with Gasteiger partial charge in [0.05, 0.1) is 16.3 Å². The number of carbonyl (C=O) groups is 1. The van der Waals surface area contributed by atoms with Crippen LogP contribution in [0.2, 0.25) is 0 Å². The van der Waals surface area contributed by atoms with Gasteiger partial charge >= 0.3 is 0 Å². The Morgan fingerprint density at radius 3 is 2.58 bits per heavy atom. The number of carbonyl (C=O) groups excluding carboxylic acids is 1. The second-order valence-electron chi connectivity index (χ2n) is 3.92. The predicted molar refractivity (Wildman–Crippen MR) is 74.0 cm³/mol. The lowest BCUT2D eigenvalue weighted by atomic mass is 10.2. The van der Waals surface area contributed by atoms with Crippen LogP contribution in [-0.4, -0.2) is 27.4 Å². The van der Waals surface area contributed by atoms with Gasteiger partial charge in [-0.25, -0.2) is 13.6 Å². The summed E-state index contributed by atoms with van der Waals surface area (Å²) in [5.74, 6) is -0.0604. The first-order valence-corrected chi connectivity index (χ1v) is 7.32. The Bertz CT molecular complexity index is 557. The second kappa shape index (κ2) is 6.39. The average Bonchev–Trinajstić information content (AvgIpc) is 2.30. The molecule has 0 aromatic heterocycles. The maximum absolute atomic E-state index is 11.2. The van der Waals surface area contributed by atoms with Crippen molar-refractivity contribution in [2.45, 2.75) is 18.2 Å². The summed E-state index contributed by atoms with van der Waals surface area (Å²) in [5, 5.41) is 10.6. The molecule has 1 aromatic carbocycles. The lowest BCUT2D eigenvalue weighted by molar-refractivity contribution is -0.120. The number of hydrogen-bond donors (Lipinski definition) is 4. The van der Waals surface area contributed by atoms with Crippen molar-refractivity contribution >= 4 is 27.3 Å². The maximum Gasteiger partial charge on any atom is 0.238 e. The summed E-state index contributed by atoms with van der Waals surface area (Å²) in [5.41, 5.74) is 6.54. The molecular formula is C11H18N4O3S. The van der Waals surface area contributed by atoms with E-state index in [2.05, 4.69) is 10.6 Å². The van der Waals surface area contributed by atoms with Gasteiger partial charge in [-0.3, -0.25) is 4.79 Å². The molecular weight excluding hydrogens is 268 g/mol. The van der Waals surface area contributed by atoms with Gasteiger partial charge in [0.1, 0.15) is 0 Å². The van der Waals surface area contributed by atoms with Gasteiger partial charge in [0.2, 0.25) is 15.9 Å². The minimum absolute atomic E-state index is 0.0423. The molecule has 1 amide bonds. The number of hydrogen-bond acceptors (Lipinski definition) is 5. The van der Waals surface area contributed by atoms with E-state index in [9.17, 15) is 13.2 Å². The van der Waals surface area contributed by atoms with Gasteiger partial charge in [-0.1, -0.05) is 0 Å². The minimum Gasteiger partial charge on any atom is -0.397 e. The molecule has 0 heterocycles. The van der Waals surface area contributed by atoms with Crippen molar-refractivity contribution in [1.82, 2.24) is 5.32 Å². The minimum atomic E-state index is -3.76. The summed E-state index contributed by atoms with van der Waals surface area (Å²) >= 11 is 0. The van der Waals surface area contributed by atoms with Crippen molar-refractivity contribution in [2.24, 2.45) is 5.14 Å². The zero-order chi connectivity index (χ0) is 14.5. The van der Waals surface area contributed by atoms with Crippen LogP contribution in [0.3, 0.4) is 0 Å². The summed E-state index contributed by atoms with van der Waals surface area (Å²) in [7, 11) is -3.76. The van der Waals surface area contributed by atoms with Crippen molar-refractivity contribution in [3.63, 3.8) is 0 Å². The molecule has 8 heteroatoms. The fourth-order valence-electron chi connectivity index (χ4n) is 1.48. The number of nitrogen functional groups attached to an aromatic ring is 1. The molecule has 0 bridgehead atoms. The Hall–Kier alpha value is -1.80. The maximum atomic E-state index is 11.2. The van der Waals surface area contributed by atoms with E-state index in [1.807, 2.05) is 6.92 Å². The van der Waals surface area contributed by atoms with Gasteiger partial charge in [0, 0.05) is 19.5 Å². The molecule has 0 aliphatic carbocycles. The number of nitrogens with one attached hydrogen (secondary N) is 2. The smallest absolute Gasteiger partial charge is 0.238 e. The first-order chi connectivity index (χ1) is 8.84. The Kier molecular flexibility index (Phi) is 5.13. The van der Waals surface area contributed by atoms with E-state index in [1.165, 1.54) is 18.2 Å². The van der Waals surface area contributed by atoms with Crippen LogP contribution in [0.1, 0.15) is 13.3 Å². The van der Waals surface area contributed by atoms with Crippen molar-refractivity contribution in [1.29, 1.82) is 0 Å². The quantitative estimate of drug-likeness (QED) is 0.541. The number of amides is 1. The van der Waals surface area contributed by atoms with Crippen LogP contribution < -0.4 is 21.5 Å². The molecule has 0 fully saturated rings. The molecule has 19 heavy (non-hydrogen) atoms. The van der Waals surface area contributed by atoms with Gasteiger partial charge < -0.3 is 16.4 Å². The number of rotatable bonds is 6. The van der Waals surface area contributed by atoms with Crippen LogP contribution in [0.5, 0.6) is 0 Å². The predicted octanol–water partition coefficient (Wildman–Crippen LogP) is -0.146. The van der Waals surface area contributed by atoms with Crippen molar-refractivity contribution < 1.29 is 13.2 Å². The van der Waals surface area contributed by atoms with Crippen molar-refractivity contribution in [3.05, 3.63) is 18.2 Å². The first-order valence-electron chi connectivity index (χ1n) is 5.77. The third-order valence-electron chi connectivity index (χ3n) is 2.39. The third kappa shape index (κ3) is 4.76. The number of primary sulfonamides is 1. The van der Waals surface area contributed by atoms with Crippen LogP contribution in [0.15, 0.2) is 23.1 Å². The van der Waals surface area contributed by atoms with E-state index in [0.29, 0.717) is 25.2 Å². The summed E-state index contributed by atoms with van der Waals surface area (Å²) in [6.07, 6.45) is 0.310. The molecule has 0 aliphatic rings. The van der Waals surface area contributed by atoms with E-state index in [-0.39, 0.29) is 16.5 Å². The molecule has 1 rings (SSSR count). The van der Waals surface area contributed by atoms with Gasteiger partial charge in [-0.05, 0) is 25.1 Å². The Morgan fingerprint density at radius 2 is 2.05 bits per heavy atom. The standard InChI is InChI=1S/C11H18N4O3S/c1-2-14-11(16)5-6-15-10-4-3-8(7-9(10)12)19(13,17)18/h3-4,7,15H,2,5-6,12H2,1H3,(H,14,16)(H2,13,17,18). The monoisotopic (exact) mass is 286 g/mol.